The van der Waals surface area contributed by atoms with E-state index in [1.807, 2.05) is 16.8 Å². The molecule has 132 valence electrons. The number of fused-ring (bicyclic) bond motifs is 1. The fourth-order valence-electron chi connectivity index (χ4n) is 3.21. The van der Waals surface area contributed by atoms with Crippen molar-refractivity contribution in [1.29, 1.82) is 0 Å². The Morgan fingerprint density at radius 1 is 1.19 bits per heavy atom. The van der Waals surface area contributed by atoms with E-state index in [0.717, 1.165) is 23.4 Å². The van der Waals surface area contributed by atoms with Crippen molar-refractivity contribution in [2.45, 2.75) is 20.0 Å². The van der Waals surface area contributed by atoms with E-state index in [2.05, 4.69) is 26.4 Å². The first-order valence-electron chi connectivity index (χ1n) is 8.36. The first-order valence-corrected chi connectivity index (χ1v) is 8.36. The molecule has 0 aliphatic heterocycles. The molecule has 3 heterocycles. The summed E-state index contributed by atoms with van der Waals surface area (Å²) < 4.78 is 23.8. The third-order valence-corrected chi connectivity index (χ3v) is 4.39. The quantitative estimate of drug-likeness (QED) is 0.552. The predicted octanol–water partition coefficient (Wildman–Crippen LogP) is 3.51. The highest BCUT2D eigenvalue weighted by Gasteiger charge is 2.18. The second-order valence-corrected chi connectivity index (χ2v) is 5.83. The highest BCUT2D eigenvalue weighted by molar-refractivity contribution is 5.74. The van der Waals surface area contributed by atoms with E-state index >= 15 is 0 Å². The Hall–Kier alpha value is -3.22. The van der Waals surface area contributed by atoms with Gasteiger partial charge < -0.3 is 13.9 Å². The van der Waals surface area contributed by atoms with E-state index in [4.69, 9.17) is 4.74 Å². The molecule has 0 amide bonds. The molecule has 0 unspecified atom stereocenters. The number of hydrogen-bond acceptors (Lipinski definition) is 4. The number of halogens is 1. The number of nitrogens with zero attached hydrogens (tertiary/aromatic N) is 5. The van der Waals surface area contributed by atoms with Gasteiger partial charge in [0, 0.05) is 25.1 Å². The van der Waals surface area contributed by atoms with Crippen molar-refractivity contribution in [2.75, 3.05) is 7.11 Å². The van der Waals surface area contributed by atoms with Crippen LogP contribution in [0.3, 0.4) is 0 Å². The van der Waals surface area contributed by atoms with Gasteiger partial charge in [0.15, 0.2) is 0 Å². The molecule has 4 aromatic rings. The second-order valence-electron chi connectivity index (χ2n) is 5.83. The third-order valence-electron chi connectivity index (χ3n) is 4.39. The Labute approximate surface area is 149 Å². The van der Waals surface area contributed by atoms with Crippen molar-refractivity contribution in [3.63, 3.8) is 0 Å². The van der Waals surface area contributed by atoms with Crippen LogP contribution in [0.2, 0.25) is 0 Å². The van der Waals surface area contributed by atoms with Gasteiger partial charge in [0.1, 0.15) is 28.7 Å². The number of imidazole rings is 2. The molecule has 1 aromatic carbocycles. The molecule has 4 rings (SSSR count). The highest BCUT2D eigenvalue weighted by atomic mass is 19.1. The molecule has 0 spiro atoms. The zero-order valence-corrected chi connectivity index (χ0v) is 14.6. The van der Waals surface area contributed by atoms with Gasteiger partial charge >= 0.3 is 0 Å². The maximum atomic E-state index is 14.5. The van der Waals surface area contributed by atoms with Crippen LogP contribution in [-0.4, -0.2) is 31.2 Å². The van der Waals surface area contributed by atoms with Gasteiger partial charge in [0.25, 0.3) is 0 Å². The van der Waals surface area contributed by atoms with Crippen LogP contribution < -0.4 is 4.74 Å². The molecular weight excluding hydrogens is 333 g/mol. The molecule has 0 bridgehead atoms. The average Bonchev–Trinajstić information content (AvgIpc) is 3.25. The summed E-state index contributed by atoms with van der Waals surface area (Å²) in [4.78, 5) is 13.2. The molecule has 0 aliphatic carbocycles. The minimum Gasteiger partial charge on any atom is -0.496 e. The number of benzene rings is 1. The summed E-state index contributed by atoms with van der Waals surface area (Å²) in [7, 11) is 1.52. The maximum absolute atomic E-state index is 14.5. The second kappa shape index (κ2) is 6.59. The molecule has 0 N–H and O–H groups in total. The van der Waals surface area contributed by atoms with Gasteiger partial charge in [-0.2, -0.15) is 0 Å². The molecular formula is C19H18FN5O. The summed E-state index contributed by atoms with van der Waals surface area (Å²) in [6.45, 7) is 3.32. The molecule has 0 aliphatic rings. The van der Waals surface area contributed by atoms with Crippen molar-refractivity contribution in [1.82, 2.24) is 24.1 Å². The monoisotopic (exact) mass is 351 g/mol. The van der Waals surface area contributed by atoms with Crippen LogP contribution in [0.5, 0.6) is 5.75 Å². The van der Waals surface area contributed by atoms with E-state index < -0.39 is 0 Å². The first-order chi connectivity index (χ1) is 12.7. The number of methoxy groups -OCH3 is 1. The van der Waals surface area contributed by atoms with Crippen molar-refractivity contribution in [3.05, 3.63) is 60.7 Å². The number of aryl methyl sites for hydroxylation is 1. The van der Waals surface area contributed by atoms with E-state index in [-0.39, 0.29) is 5.82 Å². The predicted molar refractivity (Wildman–Crippen MR) is 96.5 cm³/mol. The van der Waals surface area contributed by atoms with Crippen LogP contribution in [0.1, 0.15) is 12.7 Å². The summed E-state index contributed by atoms with van der Waals surface area (Å²) in [6.07, 6.45) is 6.98. The van der Waals surface area contributed by atoms with Crippen LogP contribution in [0.4, 0.5) is 4.39 Å². The molecule has 6 nitrogen and oxygen atoms in total. The summed E-state index contributed by atoms with van der Waals surface area (Å²) in [5.74, 6) is 1.45. The fraction of sp³-hybridized carbons (Fsp3) is 0.211. The summed E-state index contributed by atoms with van der Waals surface area (Å²) in [5, 5.41) is 0. The van der Waals surface area contributed by atoms with E-state index in [1.165, 1.54) is 13.2 Å². The van der Waals surface area contributed by atoms with E-state index in [9.17, 15) is 4.39 Å². The van der Waals surface area contributed by atoms with Crippen LogP contribution in [0.25, 0.3) is 22.4 Å². The van der Waals surface area contributed by atoms with Crippen molar-refractivity contribution < 1.29 is 9.13 Å². The van der Waals surface area contributed by atoms with Crippen LogP contribution in [0, 0.1) is 5.82 Å². The molecule has 26 heavy (non-hydrogen) atoms. The van der Waals surface area contributed by atoms with Crippen LogP contribution in [-0.2, 0) is 13.1 Å². The smallest absolute Gasteiger partial charge is 0.147 e. The molecule has 3 aromatic heterocycles. The average molecular weight is 351 g/mol. The normalized spacial score (nSPS) is 11.2. The minimum absolute atomic E-state index is 0.348. The maximum Gasteiger partial charge on any atom is 0.147 e. The van der Waals surface area contributed by atoms with Gasteiger partial charge in [-0.25, -0.2) is 14.4 Å². The van der Waals surface area contributed by atoms with Crippen molar-refractivity contribution in [2.24, 2.45) is 0 Å². The van der Waals surface area contributed by atoms with Crippen LogP contribution in [0.15, 0.2) is 49.1 Å². The summed E-state index contributed by atoms with van der Waals surface area (Å²) in [6, 6.07) is 6.70. The van der Waals surface area contributed by atoms with E-state index in [1.54, 1.807) is 30.7 Å². The Morgan fingerprint density at radius 2 is 2.08 bits per heavy atom. The van der Waals surface area contributed by atoms with Gasteiger partial charge in [-0.15, -0.1) is 0 Å². The largest absolute Gasteiger partial charge is 0.496 e. The number of hydrogen-bond donors (Lipinski definition) is 0. The van der Waals surface area contributed by atoms with Crippen molar-refractivity contribution in [3.8, 4) is 17.1 Å². The zero-order valence-electron chi connectivity index (χ0n) is 14.6. The lowest BCUT2D eigenvalue weighted by atomic mass is 10.1. The topological polar surface area (TPSA) is 57.8 Å². The lowest BCUT2D eigenvalue weighted by Crippen LogP contribution is -2.09. The van der Waals surface area contributed by atoms with Gasteiger partial charge in [-0.3, -0.25) is 4.98 Å². The van der Waals surface area contributed by atoms with Gasteiger partial charge in [-0.05, 0) is 25.1 Å². The molecule has 0 radical (unpaired) electrons. The molecule has 0 fully saturated rings. The minimum atomic E-state index is -0.370. The SMILES string of the molecule is CCn1c(Cn2ccnc2-c2c(F)cccc2OC)nc2cnccc21. The molecule has 0 saturated heterocycles. The molecule has 7 heteroatoms. The number of ether oxygens (including phenoxy) is 1. The Balaban J connectivity index is 1.80. The lowest BCUT2D eigenvalue weighted by Gasteiger charge is -2.12. The van der Waals surface area contributed by atoms with E-state index in [0.29, 0.717) is 23.7 Å². The number of pyridine rings is 1. The van der Waals surface area contributed by atoms with Crippen molar-refractivity contribution >= 4 is 11.0 Å². The highest BCUT2D eigenvalue weighted by Crippen LogP contribution is 2.31. The lowest BCUT2D eigenvalue weighted by molar-refractivity contribution is 0.412. The summed E-state index contributed by atoms with van der Waals surface area (Å²) >= 11 is 0. The number of aromatic nitrogens is 5. The molecule has 0 saturated carbocycles. The van der Waals surface area contributed by atoms with Gasteiger partial charge in [0.05, 0.1) is 30.9 Å². The Kier molecular flexibility index (Phi) is 4.12. The third kappa shape index (κ3) is 2.61. The van der Waals surface area contributed by atoms with Gasteiger partial charge in [0.2, 0.25) is 0 Å². The Bertz CT molecular complexity index is 1070. The fourth-order valence-corrected chi connectivity index (χ4v) is 3.21. The first kappa shape index (κ1) is 16.3. The molecule has 0 atom stereocenters. The Morgan fingerprint density at radius 3 is 2.88 bits per heavy atom. The number of rotatable bonds is 5. The standard InChI is InChI=1S/C19H18FN5O/c1-3-25-15-7-8-21-11-14(15)23-17(25)12-24-10-9-22-19(24)18-13(20)5-4-6-16(18)26-2/h4-11H,3,12H2,1-2H3. The van der Waals surface area contributed by atoms with Gasteiger partial charge in [-0.1, -0.05) is 6.07 Å². The summed E-state index contributed by atoms with van der Waals surface area (Å²) in [5.41, 5.74) is 2.22. The zero-order chi connectivity index (χ0) is 18.1. The van der Waals surface area contributed by atoms with Crippen LogP contribution >= 0.6 is 0 Å².